The number of fused-ring (bicyclic) bond motifs is 1. The molecule has 2 aromatic rings. The molecular weight excluding hydrogens is 358 g/mol. The number of para-hydroxylation sites is 1. The van der Waals surface area contributed by atoms with E-state index in [2.05, 4.69) is 18.3 Å². The molecule has 2 aliphatic rings. The largest absolute Gasteiger partial charge is 0.450 e. The van der Waals surface area contributed by atoms with Gasteiger partial charge in [0.15, 0.2) is 0 Å². The van der Waals surface area contributed by atoms with Crippen LogP contribution in [-0.2, 0) is 11.2 Å². The fourth-order valence-corrected chi connectivity index (χ4v) is 4.27. The van der Waals surface area contributed by atoms with Crippen molar-refractivity contribution in [2.24, 2.45) is 0 Å². The van der Waals surface area contributed by atoms with Crippen LogP contribution in [0.1, 0.15) is 32.3 Å². The third kappa shape index (κ3) is 3.04. The van der Waals surface area contributed by atoms with Gasteiger partial charge in [0.2, 0.25) is 0 Å². The lowest BCUT2D eigenvalue weighted by atomic mass is 10.0. The van der Waals surface area contributed by atoms with Gasteiger partial charge >= 0.3 is 6.09 Å². The predicted octanol–water partition coefficient (Wildman–Crippen LogP) is 2.40. The highest BCUT2D eigenvalue weighted by atomic mass is 16.6. The summed E-state index contributed by atoms with van der Waals surface area (Å²) in [6, 6.07) is 8.20. The molecule has 1 atom stereocenters. The van der Waals surface area contributed by atoms with Gasteiger partial charge in [0.25, 0.3) is 10.9 Å². The second-order valence-electron chi connectivity index (χ2n) is 7.54. The van der Waals surface area contributed by atoms with E-state index in [4.69, 9.17) is 4.74 Å². The summed E-state index contributed by atoms with van der Waals surface area (Å²) in [5.41, 5.74) is 2.23. The molecule has 0 bridgehead atoms. The molecule has 0 aliphatic carbocycles. The van der Waals surface area contributed by atoms with Crippen LogP contribution in [-0.4, -0.2) is 42.8 Å². The minimum atomic E-state index is -0.445. The highest BCUT2D eigenvalue weighted by Crippen LogP contribution is 2.39. The Kier molecular flexibility index (Phi) is 4.83. The molecule has 28 heavy (non-hydrogen) atoms. The molecule has 7 nitrogen and oxygen atoms in total. The summed E-state index contributed by atoms with van der Waals surface area (Å²) in [6.45, 7) is 5.36. The topological polar surface area (TPSA) is 79.0 Å². The van der Waals surface area contributed by atoms with Crippen molar-refractivity contribution in [3.05, 3.63) is 50.3 Å². The number of hydrogen-bond acceptors (Lipinski definition) is 6. The molecule has 1 amide bonds. The van der Waals surface area contributed by atoms with Crippen LogP contribution in [0.2, 0.25) is 0 Å². The molecule has 4 rings (SSSR count). The van der Waals surface area contributed by atoms with E-state index in [0.717, 1.165) is 12.1 Å². The van der Waals surface area contributed by atoms with Gasteiger partial charge in [-0.2, -0.15) is 0 Å². The van der Waals surface area contributed by atoms with Crippen molar-refractivity contribution in [1.29, 1.82) is 0 Å². The zero-order valence-electron chi connectivity index (χ0n) is 16.2. The minimum Gasteiger partial charge on any atom is -0.450 e. The van der Waals surface area contributed by atoms with E-state index in [1.807, 2.05) is 23.1 Å². The summed E-state index contributed by atoms with van der Waals surface area (Å²) in [6.07, 6.45) is 1.98. The molecule has 1 saturated heterocycles. The molecule has 148 valence electrons. The van der Waals surface area contributed by atoms with Crippen molar-refractivity contribution in [2.45, 2.75) is 45.2 Å². The molecular formula is C21H25N3O4. The first-order valence-electron chi connectivity index (χ1n) is 9.90. The number of amides is 1. The maximum atomic E-state index is 12.4. The number of rotatable bonds is 4. The van der Waals surface area contributed by atoms with E-state index in [1.54, 1.807) is 11.8 Å². The van der Waals surface area contributed by atoms with E-state index in [1.165, 1.54) is 5.56 Å². The Bertz CT molecular complexity index is 955. The lowest BCUT2D eigenvalue weighted by molar-refractivity contribution is 0.0983. The number of carbonyl (C=O) groups is 1. The van der Waals surface area contributed by atoms with Crippen molar-refractivity contribution >= 4 is 23.2 Å². The van der Waals surface area contributed by atoms with Crippen molar-refractivity contribution in [3.8, 4) is 0 Å². The van der Waals surface area contributed by atoms with Crippen LogP contribution in [0.25, 0.3) is 0 Å². The molecule has 1 unspecified atom stereocenters. The molecule has 1 fully saturated rings. The van der Waals surface area contributed by atoms with E-state index in [-0.39, 0.29) is 18.2 Å². The first-order valence-corrected chi connectivity index (χ1v) is 9.90. The van der Waals surface area contributed by atoms with E-state index >= 15 is 0 Å². The number of hydrogen-bond donors (Lipinski definition) is 1. The summed E-state index contributed by atoms with van der Waals surface area (Å²) < 4.78 is 5.04. The second-order valence-corrected chi connectivity index (χ2v) is 7.54. The van der Waals surface area contributed by atoms with Crippen LogP contribution in [0, 0.1) is 0 Å². The van der Waals surface area contributed by atoms with Crippen LogP contribution in [0.15, 0.2) is 33.9 Å². The Morgan fingerprint density at radius 3 is 2.61 bits per heavy atom. The smallest absolute Gasteiger partial charge is 0.409 e. The van der Waals surface area contributed by atoms with Crippen molar-refractivity contribution in [3.63, 3.8) is 0 Å². The van der Waals surface area contributed by atoms with E-state index < -0.39 is 10.9 Å². The maximum Gasteiger partial charge on any atom is 0.409 e. The van der Waals surface area contributed by atoms with Crippen molar-refractivity contribution in [2.75, 3.05) is 29.9 Å². The fourth-order valence-electron chi connectivity index (χ4n) is 4.27. The van der Waals surface area contributed by atoms with Gasteiger partial charge in [-0.25, -0.2) is 4.79 Å². The van der Waals surface area contributed by atoms with Crippen LogP contribution < -0.4 is 21.1 Å². The Labute approximate surface area is 163 Å². The fraction of sp³-hybridized carbons (Fsp3) is 0.476. The number of likely N-dealkylation sites (tertiary alicyclic amines) is 1. The number of benzene rings is 1. The first kappa shape index (κ1) is 18.5. The quantitative estimate of drug-likeness (QED) is 0.817. The Morgan fingerprint density at radius 2 is 1.89 bits per heavy atom. The van der Waals surface area contributed by atoms with Gasteiger partial charge < -0.3 is 19.9 Å². The molecule has 2 aromatic carbocycles. The Hall–Kier alpha value is -2.83. The van der Waals surface area contributed by atoms with Gasteiger partial charge in [-0.1, -0.05) is 18.2 Å². The van der Waals surface area contributed by atoms with Crippen molar-refractivity contribution in [1.82, 2.24) is 4.90 Å². The standard InChI is InChI=1S/C21H25N3O4/c1-3-28-21(27)23-10-8-15(9-11-23)22-17-18(20(26)19(17)25)24-13(2)12-14-6-4-5-7-16(14)24/h4-7,13,15,22H,3,8-12H2,1-2H3. The molecule has 0 aromatic heterocycles. The zero-order chi connectivity index (χ0) is 19.8. The van der Waals surface area contributed by atoms with Crippen LogP contribution in [0.4, 0.5) is 21.9 Å². The zero-order valence-corrected chi connectivity index (χ0v) is 16.2. The maximum absolute atomic E-state index is 12.4. The third-order valence-electron chi connectivity index (χ3n) is 5.70. The third-order valence-corrected chi connectivity index (χ3v) is 5.70. The molecule has 1 N–H and O–H groups in total. The molecule has 0 saturated carbocycles. The number of ether oxygens (including phenoxy) is 1. The van der Waals surface area contributed by atoms with Crippen molar-refractivity contribution < 1.29 is 9.53 Å². The Morgan fingerprint density at radius 1 is 1.18 bits per heavy atom. The monoisotopic (exact) mass is 383 g/mol. The highest BCUT2D eigenvalue weighted by Gasteiger charge is 2.36. The number of carbonyl (C=O) groups excluding carboxylic acids is 1. The summed E-state index contributed by atoms with van der Waals surface area (Å²) >= 11 is 0. The van der Waals surface area contributed by atoms with Gasteiger partial charge in [0.05, 0.1) is 6.61 Å². The predicted molar refractivity (Wildman–Crippen MR) is 108 cm³/mol. The second kappa shape index (κ2) is 7.30. The average Bonchev–Trinajstić information content (AvgIpc) is 3.03. The van der Waals surface area contributed by atoms with Gasteiger partial charge in [-0.05, 0) is 44.7 Å². The van der Waals surface area contributed by atoms with Gasteiger partial charge in [0.1, 0.15) is 11.4 Å². The first-order chi connectivity index (χ1) is 13.5. The summed E-state index contributed by atoms with van der Waals surface area (Å²) in [5, 5.41) is 3.29. The molecule has 0 radical (unpaired) electrons. The molecule has 2 heterocycles. The molecule has 0 spiro atoms. The van der Waals surface area contributed by atoms with E-state index in [0.29, 0.717) is 43.9 Å². The number of nitrogens with zero attached hydrogens (tertiary/aromatic N) is 2. The van der Waals surface area contributed by atoms with Gasteiger partial charge in [0, 0.05) is 30.9 Å². The van der Waals surface area contributed by atoms with Crippen LogP contribution in [0.3, 0.4) is 0 Å². The molecule has 7 heteroatoms. The molecule has 2 aliphatic heterocycles. The van der Waals surface area contributed by atoms with Crippen LogP contribution in [0.5, 0.6) is 0 Å². The average molecular weight is 383 g/mol. The number of piperidine rings is 1. The highest BCUT2D eigenvalue weighted by molar-refractivity contribution is 5.83. The lowest BCUT2D eigenvalue weighted by Crippen LogP contribution is -2.47. The van der Waals surface area contributed by atoms with Gasteiger partial charge in [-0.3, -0.25) is 9.59 Å². The number of anilines is 3. The Balaban J connectivity index is 1.50. The minimum absolute atomic E-state index is 0.0564. The number of nitrogens with one attached hydrogen (secondary N) is 1. The summed E-state index contributed by atoms with van der Waals surface area (Å²) in [4.78, 5) is 40.2. The summed E-state index contributed by atoms with van der Waals surface area (Å²) in [5.74, 6) is 0. The lowest BCUT2D eigenvalue weighted by Gasteiger charge is -2.34. The SMILES string of the molecule is CCOC(=O)N1CCC(Nc2c(N3c4ccccc4CC3C)c(=O)c2=O)CC1. The van der Waals surface area contributed by atoms with Gasteiger partial charge in [-0.15, -0.1) is 0 Å². The van der Waals surface area contributed by atoms with Crippen LogP contribution >= 0.6 is 0 Å². The summed E-state index contributed by atoms with van der Waals surface area (Å²) in [7, 11) is 0. The van der Waals surface area contributed by atoms with E-state index in [9.17, 15) is 14.4 Å². The normalized spacial score (nSPS) is 19.7.